The Bertz CT molecular complexity index is 158. The maximum atomic E-state index is 5.67. The minimum absolute atomic E-state index is 0.549. The van der Waals surface area contributed by atoms with Crippen LogP contribution in [0.15, 0.2) is 0 Å². The number of piperidine rings is 1. The number of ether oxygens (including phenoxy) is 1. The molecule has 0 aromatic carbocycles. The summed E-state index contributed by atoms with van der Waals surface area (Å²) in [4.78, 5) is 2.60. The third-order valence-corrected chi connectivity index (χ3v) is 3.77. The van der Waals surface area contributed by atoms with Gasteiger partial charge in [0, 0.05) is 13.2 Å². The Morgan fingerprint density at radius 3 is 2.57 bits per heavy atom. The highest BCUT2D eigenvalue weighted by Crippen LogP contribution is 2.21. The summed E-state index contributed by atoms with van der Waals surface area (Å²) in [5.74, 6) is 0.996. The lowest BCUT2D eigenvalue weighted by Gasteiger charge is -2.32. The van der Waals surface area contributed by atoms with Gasteiger partial charge in [-0.2, -0.15) is 0 Å². The smallest absolute Gasteiger partial charge is 0.0702 e. The van der Waals surface area contributed by atoms with Gasteiger partial charge in [0.15, 0.2) is 0 Å². The lowest BCUT2D eigenvalue weighted by Crippen LogP contribution is -2.38. The Morgan fingerprint density at radius 2 is 2.00 bits per heavy atom. The first-order valence-corrected chi connectivity index (χ1v) is 6.22. The predicted molar refractivity (Wildman–Crippen MR) is 58.4 cm³/mol. The summed E-state index contributed by atoms with van der Waals surface area (Å²) in [6.45, 7) is 7.11. The molecule has 0 bridgehead atoms. The Kier molecular flexibility index (Phi) is 3.82. The van der Waals surface area contributed by atoms with Gasteiger partial charge >= 0.3 is 0 Å². The van der Waals surface area contributed by atoms with Gasteiger partial charge in [0.05, 0.1) is 6.10 Å². The van der Waals surface area contributed by atoms with Crippen molar-refractivity contribution in [3.8, 4) is 0 Å². The first-order chi connectivity index (χ1) is 6.88. The molecule has 2 heterocycles. The summed E-state index contributed by atoms with van der Waals surface area (Å²) in [5.41, 5.74) is 0. The van der Waals surface area contributed by atoms with Gasteiger partial charge < -0.3 is 9.64 Å². The van der Waals surface area contributed by atoms with Gasteiger partial charge in [-0.15, -0.1) is 0 Å². The molecule has 2 nitrogen and oxygen atoms in total. The van der Waals surface area contributed by atoms with Crippen LogP contribution < -0.4 is 0 Å². The van der Waals surface area contributed by atoms with Crippen molar-refractivity contribution in [2.45, 2.75) is 45.1 Å². The molecule has 2 aliphatic rings. The number of nitrogens with zero attached hydrogens (tertiary/aromatic N) is 1. The van der Waals surface area contributed by atoms with Crippen LogP contribution in [0.5, 0.6) is 0 Å². The molecule has 14 heavy (non-hydrogen) atoms. The second-order valence-corrected chi connectivity index (χ2v) is 4.79. The maximum Gasteiger partial charge on any atom is 0.0702 e. The molecule has 0 amide bonds. The number of rotatable bonds is 3. The second-order valence-electron chi connectivity index (χ2n) is 4.79. The third-order valence-electron chi connectivity index (χ3n) is 3.77. The van der Waals surface area contributed by atoms with Crippen LogP contribution in [0.2, 0.25) is 0 Å². The molecule has 1 unspecified atom stereocenters. The Hall–Kier alpha value is -0.0800. The molecular weight excluding hydrogens is 174 g/mol. The average molecular weight is 197 g/mol. The number of hydrogen-bond donors (Lipinski definition) is 0. The van der Waals surface area contributed by atoms with Crippen LogP contribution in [0.3, 0.4) is 0 Å². The van der Waals surface area contributed by atoms with Gasteiger partial charge in [-0.3, -0.25) is 0 Å². The fourth-order valence-corrected chi connectivity index (χ4v) is 2.65. The van der Waals surface area contributed by atoms with Gasteiger partial charge in [0.1, 0.15) is 0 Å². The highest BCUT2D eigenvalue weighted by molar-refractivity contribution is 4.75. The first kappa shape index (κ1) is 10.4. The minimum Gasteiger partial charge on any atom is -0.377 e. The van der Waals surface area contributed by atoms with E-state index in [9.17, 15) is 0 Å². The van der Waals surface area contributed by atoms with Crippen molar-refractivity contribution >= 4 is 0 Å². The van der Waals surface area contributed by atoms with Crippen molar-refractivity contribution in [2.75, 3.05) is 26.2 Å². The molecule has 0 aromatic rings. The normalized spacial score (nSPS) is 31.1. The summed E-state index contributed by atoms with van der Waals surface area (Å²) in [7, 11) is 0. The molecule has 0 aliphatic carbocycles. The zero-order valence-corrected chi connectivity index (χ0v) is 9.37. The summed E-state index contributed by atoms with van der Waals surface area (Å²) in [6, 6.07) is 0. The van der Waals surface area contributed by atoms with Crippen LogP contribution in [-0.2, 0) is 4.74 Å². The Morgan fingerprint density at radius 1 is 1.21 bits per heavy atom. The summed E-state index contributed by atoms with van der Waals surface area (Å²) in [6.07, 6.45) is 7.29. The van der Waals surface area contributed by atoms with Crippen molar-refractivity contribution in [1.82, 2.24) is 4.90 Å². The molecule has 2 fully saturated rings. The molecule has 1 atom stereocenters. The minimum atomic E-state index is 0.549. The van der Waals surface area contributed by atoms with E-state index in [1.54, 1.807) is 0 Å². The lowest BCUT2D eigenvalue weighted by atomic mass is 9.94. The van der Waals surface area contributed by atoms with Crippen LogP contribution in [0.1, 0.15) is 39.0 Å². The molecule has 0 saturated carbocycles. The van der Waals surface area contributed by atoms with E-state index in [0.717, 1.165) is 12.5 Å². The zero-order chi connectivity index (χ0) is 9.80. The molecule has 0 N–H and O–H groups in total. The second kappa shape index (κ2) is 5.13. The van der Waals surface area contributed by atoms with E-state index in [1.165, 1.54) is 51.7 Å². The monoisotopic (exact) mass is 197 g/mol. The predicted octanol–water partition coefficient (Wildman–Crippen LogP) is 2.29. The molecule has 2 aliphatic heterocycles. The molecule has 2 saturated heterocycles. The molecule has 82 valence electrons. The fraction of sp³-hybridized carbons (Fsp3) is 1.00. The lowest BCUT2D eigenvalue weighted by molar-refractivity contribution is 0.0595. The highest BCUT2D eigenvalue weighted by atomic mass is 16.5. The van der Waals surface area contributed by atoms with Crippen LogP contribution >= 0.6 is 0 Å². The Balaban J connectivity index is 1.67. The molecule has 2 rings (SSSR count). The Labute approximate surface area is 87.6 Å². The standard InChI is InChI=1S/C12H23NO/c1-2-11-5-7-13(8-6-11)10-12-4-3-9-14-12/h11-12H,2-10H2,1H3. The maximum absolute atomic E-state index is 5.67. The van der Waals surface area contributed by atoms with E-state index in [2.05, 4.69) is 11.8 Å². The van der Waals surface area contributed by atoms with Gasteiger partial charge in [0.25, 0.3) is 0 Å². The SMILES string of the molecule is CCC1CCN(CC2CCCO2)CC1. The van der Waals surface area contributed by atoms with E-state index in [0.29, 0.717) is 6.10 Å². The van der Waals surface area contributed by atoms with Crippen LogP contribution in [0, 0.1) is 5.92 Å². The topological polar surface area (TPSA) is 12.5 Å². The number of likely N-dealkylation sites (tertiary alicyclic amines) is 1. The van der Waals surface area contributed by atoms with Crippen molar-refractivity contribution in [2.24, 2.45) is 5.92 Å². The number of hydrogen-bond acceptors (Lipinski definition) is 2. The van der Waals surface area contributed by atoms with Crippen LogP contribution in [0.4, 0.5) is 0 Å². The quantitative estimate of drug-likeness (QED) is 0.688. The highest BCUT2D eigenvalue weighted by Gasteiger charge is 2.22. The van der Waals surface area contributed by atoms with Gasteiger partial charge in [-0.25, -0.2) is 0 Å². The van der Waals surface area contributed by atoms with Crippen molar-refractivity contribution in [3.63, 3.8) is 0 Å². The van der Waals surface area contributed by atoms with Crippen molar-refractivity contribution in [1.29, 1.82) is 0 Å². The molecule has 2 heteroatoms. The van der Waals surface area contributed by atoms with Crippen molar-refractivity contribution < 1.29 is 4.74 Å². The average Bonchev–Trinajstić information content (AvgIpc) is 2.72. The largest absolute Gasteiger partial charge is 0.377 e. The van der Waals surface area contributed by atoms with Gasteiger partial charge in [-0.1, -0.05) is 13.3 Å². The molecular formula is C12H23NO. The summed E-state index contributed by atoms with van der Waals surface area (Å²) >= 11 is 0. The molecule has 0 aromatic heterocycles. The first-order valence-electron chi connectivity index (χ1n) is 6.22. The van der Waals surface area contributed by atoms with E-state index in [-0.39, 0.29) is 0 Å². The van der Waals surface area contributed by atoms with Crippen LogP contribution in [0.25, 0.3) is 0 Å². The van der Waals surface area contributed by atoms with E-state index >= 15 is 0 Å². The van der Waals surface area contributed by atoms with Crippen molar-refractivity contribution in [3.05, 3.63) is 0 Å². The molecule has 0 spiro atoms. The van der Waals surface area contributed by atoms with E-state index in [1.807, 2.05) is 0 Å². The van der Waals surface area contributed by atoms with Gasteiger partial charge in [-0.05, 0) is 44.7 Å². The molecule has 0 radical (unpaired) electrons. The zero-order valence-electron chi connectivity index (χ0n) is 9.37. The third kappa shape index (κ3) is 2.71. The summed E-state index contributed by atoms with van der Waals surface area (Å²) < 4.78 is 5.67. The summed E-state index contributed by atoms with van der Waals surface area (Å²) in [5, 5.41) is 0. The van der Waals surface area contributed by atoms with E-state index in [4.69, 9.17) is 4.74 Å². The van der Waals surface area contributed by atoms with E-state index < -0.39 is 0 Å². The van der Waals surface area contributed by atoms with Gasteiger partial charge in [0.2, 0.25) is 0 Å². The van der Waals surface area contributed by atoms with Crippen LogP contribution in [-0.4, -0.2) is 37.2 Å². The fourth-order valence-electron chi connectivity index (χ4n) is 2.65.